The van der Waals surface area contributed by atoms with Gasteiger partial charge in [0, 0.05) is 9.53 Å². The lowest BCUT2D eigenvalue weighted by molar-refractivity contribution is 0.608. The third-order valence-electron chi connectivity index (χ3n) is 3.21. The van der Waals surface area contributed by atoms with Crippen LogP contribution in [0.3, 0.4) is 0 Å². The summed E-state index contributed by atoms with van der Waals surface area (Å²) in [5.74, 6) is -0.133. The van der Waals surface area contributed by atoms with Crippen molar-refractivity contribution in [1.29, 1.82) is 0 Å². The monoisotopic (exact) mass is 334 g/mol. The van der Waals surface area contributed by atoms with Gasteiger partial charge in [-0.25, -0.2) is 4.39 Å². The average Bonchev–Trinajstić information content (AvgIpc) is 2.85. The predicted octanol–water partition coefficient (Wildman–Crippen LogP) is 5.72. The molecule has 0 radical (unpaired) electrons. The molecule has 3 heteroatoms. The smallest absolute Gasteiger partial charge is 0.126 e. The first-order valence-corrected chi connectivity index (χ1v) is 7.89. The van der Waals surface area contributed by atoms with E-state index in [1.165, 1.54) is 21.7 Å². The molecule has 3 aromatic rings. The summed E-state index contributed by atoms with van der Waals surface area (Å²) in [6, 6.07) is 15.3. The number of hydrogen-bond donors (Lipinski definition) is 0. The Morgan fingerprint density at radius 2 is 1.79 bits per heavy atom. The van der Waals surface area contributed by atoms with Gasteiger partial charge >= 0.3 is 0 Å². The van der Waals surface area contributed by atoms with E-state index in [1.54, 1.807) is 17.4 Å². The van der Waals surface area contributed by atoms with Crippen molar-refractivity contribution in [1.82, 2.24) is 0 Å². The number of thiophene rings is 1. The Bertz CT molecular complexity index is 705. The van der Waals surface area contributed by atoms with Crippen LogP contribution in [0.5, 0.6) is 0 Å². The van der Waals surface area contributed by atoms with Gasteiger partial charge < -0.3 is 0 Å². The van der Waals surface area contributed by atoms with E-state index in [1.807, 2.05) is 24.3 Å². The molecule has 19 heavy (non-hydrogen) atoms. The molecule has 0 saturated carbocycles. The Morgan fingerprint density at radius 3 is 2.63 bits per heavy atom. The van der Waals surface area contributed by atoms with Crippen molar-refractivity contribution in [3.8, 4) is 0 Å². The molecule has 0 aliphatic heterocycles. The van der Waals surface area contributed by atoms with Crippen LogP contribution in [0.2, 0.25) is 0 Å². The molecule has 2 aromatic carbocycles. The van der Waals surface area contributed by atoms with E-state index in [4.69, 9.17) is 0 Å². The fraction of sp³-hybridized carbons (Fsp3) is 0.125. The van der Waals surface area contributed by atoms with Crippen LogP contribution in [0.1, 0.15) is 16.0 Å². The summed E-state index contributed by atoms with van der Waals surface area (Å²) >= 11 is 5.43. The summed E-state index contributed by atoms with van der Waals surface area (Å²) in [5.41, 5.74) is 1.99. The molecule has 1 unspecified atom stereocenters. The lowest BCUT2D eigenvalue weighted by Gasteiger charge is -2.10. The van der Waals surface area contributed by atoms with Gasteiger partial charge in [0.2, 0.25) is 0 Å². The molecular formula is C16H12BrFS. The van der Waals surface area contributed by atoms with Crippen LogP contribution in [0.15, 0.2) is 53.9 Å². The van der Waals surface area contributed by atoms with Crippen LogP contribution in [0.4, 0.5) is 4.39 Å². The first-order valence-electron chi connectivity index (χ1n) is 6.09. The molecule has 0 amide bonds. The normalized spacial score (nSPS) is 12.7. The number of halogens is 2. The van der Waals surface area contributed by atoms with E-state index in [9.17, 15) is 4.39 Å². The second-order valence-corrected chi connectivity index (χ2v) is 6.47. The van der Waals surface area contributed by atoms with Gasteiger partial charge in [0.25, 0.3) is 0 Å². The number of hydrogen-bond acceptors (Lipinski definition) is 1. The third-order valence-corrected chi connectivity index (χ3v) is 5.00. The van der Waals surface area contributed by atoms with Gasteiger partial charge in [-0.1, -0.05) is 52.3 Å². The zero-order chi connectivity index (χ0) is 13.2. The first-order chi connectivity index (χ1) is 9.25. The fourth-order valence-electron chi connectivity index (χ4n) is 2.21. The fourth-order valence-corrected chi connectivity index (χ4v) is 4.13. The molecule has 0 saturated heterocycles. The highest BCUT2D eigenvalue weighted by Crippen LogP contribution is 2.36. The van der Waals surface area contributed by atoms with Crippen molar-refractivity contribution in [3.05, 3.63) is 70.9 Å². The maximum atomic E-state index is 13.7. The van der Waals surface area contributed by atoms with Gasteiger partial charge in [-0.2, -0.15) is 0 Å². The number of alkyl halides is 1. The lowest BCUT2D eigenvalue weighted by Crippen LogP contribution is -1.97. The van der Waals surface area contributed by atoms with E-state index in [2.05, 4.69) is 33.4 Å². The van der Waals surface area contributed by atoms with Crippen molar-refractivity contribution >= 4 is 37.4 Å². The average molecular weight is 335 g/mol. The lowest BCUT2D eigenvalue weighted by atomic mass is 10.0. The van der Waals surface area contributed by atoms with E-state index < -0.39 is 0 Å². The minimum absolute atomic E-state index is 0.133. The first kappa shape index (κ1) is 12.8. The largest absolute Gasteiger partial charge is 0.207 e. The second kappa shape index (κ2) is 5.43. The molecule has 0 bridgehead atoms. The van der Waals surface area contributed by atoms with Gasteiger partial charge in [0.05, 0.1) is 0 Å². The summed E-state index contributed by atoms with van der Waals surface area (Å²) in [7, 11) is 0. The van der Waals surface area contributed by atoms with Crippen LogP contribution in [-0.4, -0.2) is 0 Å². The minimum Gasteiger partial charge on any atom is -0.207 e. The van der Waals surface area contributed by atoms with Crippen molar-refractivity contribution in [3.63, 3.8) is 0 Å². The Balaban J connectivity index is 1.92. The number of benzene rings is 2. The highest BCUT2D eigenvalue weighted by atomic mass is 79.9. The molecule has 0 N–H and O–H groups in total. The standard InChI is InChI=1S/C16H12BrFS/c17-14(9-11-5-1-3-7-15(11)18)13-10-19-16-8-4-2-6-12(13)16/h1-8,10,14H,9H2. The molecule has 96 valence electrons. The maximum absolute atomic E-state index is 13.7. The molecule has 3 rings (SSSR count). The summed E-state index contributed by atoms with van der Waals surface area (Å²) in [5, 5.41) is 3.41. The Labute approximate surface area is 124 Å². The molecule has 1 aromatic heterocycles. The quantitative estimate of drug-likeness (QED) is 0.537. The van der Waals surface area contributed by atoms with Crippen LogP contribution in [0, 0.1) is 5.82 Å². The number of fused-ring (bicyclic) bond motifs is 1. The van der Waals surface area contributed by atoms with Crippen LogP contribution in [-0.2, 0) is 6.42 Å². The SMILES string of the molecule is Fc1ccccc1CC(Br)c1csc2ccccc12. The molecule has 0 spiro atoms. The van der Waals surface area contributed by atoms with Gasteiger partial charge in [-0.05, 0) is 40.4 Å². The molecular weight excluding hydrogens is 323 g/mol. The van der Waals surface area contributed by atoms with Gasteiger partial charge in [0.1, 0.15) is 5.82 Å². The van der Waals surface area contributed by atoms with Crippen LogP contribution < -0.4 is 0 Å². The highest BCUT2D eigenvalue weighted by molar-refractivity contribution is 9.09. The van der Waals surface area contributed by atoms with Crippen molar-refractivity contribution < 1.29 is 4.39 Å². The summed E-state index contributed by atoms with van der Waals surface area (Å²) in [6.07, 6.45) is 0.660. The van der Waals surface area contributed by atoms with E-state index >= 15 is 0 Å². The molecule has 0 aliphatic rings. The Hall–Kier alpha value is -1.19. The van der Waals surface area contributed by atoms with E-state index in [0.717, 1.165) is 5.56 Å². The number of rotatable bonds is 3. The van der Waals surface area contributed by atoms with Crippen molar-refractivity contribution in [2.75, 3.05) is 0 Å². The predicted molar refractivity (Wildman–Crippen MR) is 83.6 cm³/mol. The van der Waals surface area contributed by atoms with Gasteiger partial charge in [0.15, 0.2) is 0 Å². The van der Waals surface area contributed by atoms with Crippen LogP contribution in [0.25, 0.3) is 10.1 Å². The molecule has 0 aliphatic carbocycles. The molecule has 1 heterocycles. The van der Waals surface area contributed by atoms with Crippen molar-refractivity contribution in [2.45, 2.75) is 11.2 Å². The molecule has 1 atom stereocenters. The topological polar surface area (TPSA) is 0 Å². The van der Waals surface area contributed by atoms with E-state index in [-0.39, 0.29) is 10.6 Å². The van der Waals surface area contributed by atoms with Gasteiger partial charge in [-0.3, -0.25) is 0 Å². The van der Waals surface area contributed by atoms with Crippen molar-refractivity contribution in [2.24, 2.45) is 0 Å². The maximum Gasteiger partial charge on any atom is 0.126 e. The Morgan fingerprint density at radius 1 is 1.05 bits per heavy atom. The van der Waals surface area contributed by atoms with Crippen LogP contribution >= 0.6 is 27.3 Å². The minimum atomic E-state index is -0.133. The Kier molecular flexibility index (Phi) is 3.67. The summed E-state index contributed by atoms with van der Waals surface area (Å²) in [6.45, 7) is 0. The summed E-state index contributed by atoms with van der Waals surface area (Å²) in [4.78, 5) is 0.139. The summed E-state index contributed by atoms with van der Waals surface area (Å²) < 4.78 is 15.0. The van der Waals surface area contributed by atoms with E-state index in [0.29, 0.717) is 6.42 Å². The highest BCUT2D eigenvalue weighted by Gasteiger charge is 2.15. The van der Waals surface area contributed by atoms with Gasteiger partial charge in [-0.15, -0.1) is 11.3 Å². The zero-order valence-electron chi connectivity index (χ0n) is 10.1. The zero-order valence-corrected chi connectivity index (χ0v) is 12.5. The third kappa shape index (κ3) is 2.58. The molecule has 0 fully saturated rings. The second-order valence-electron chi connectivity index (χ2n) is 4.45. The molecule has 0 nitrogen and oxygen atoms in total.